The molecule has 1 aromatic carbocycles. The Balaban J connectivity index is 1.81. The monoisotopic (exact) mass is 538 g/mol. The number of carbonyl (C=O) groups excluding carboxylic acids is 3. The molecule has 3 aliphatic rings. The highest BCUT2D eigenvalue weighted by molar-refractivity contribution is 6.05. The third-order valence-electron chi connectivity index (χ3n) is 8.86. The van der Waals surface area contributed by atoms with Crippen LogP contribution in [0.4, 0.5) is 5.69 Å². The van der Waals surface area contributed by atoms with Gasteiger partial charge >= 0.3 is 5.97 Å². The first kappa shape index (κ1) is 29.0. The smallest absolute Gasteiger partial charge is 0.313 e. The number of aryl methyl sites for hydroxylation is 2. The Hall–Kier alpha value is -2.97. The van der Waals surface area contributed by atoms with Gasteiger partial charge in [0.15, 0.2) is 0 Å². The number of unbranched alkanes of at least 4 members (excludes halogenated alkanes) is 2. The van der Waals surface area contributed by atoms with E-state index in [1.54, 1.807) is 15.9 Å². The van der Waals surface area contributed by atoms with Crippen molar-refractivity contribution >= 4 is 23.5 Å². The highest BCUT2D eigenvalue weighted by Gasteiger charge is 2.79. The van der Waals surface area contributed by atoms with Gasteiger partial charge in [-0.2, -0.15) is 0 Å². The molecule has 2 bridgehead atoms. The van der Waals surface area contributed by atoms with Gasteiger partial charge in [0, 0.05) is 25.4 Å². The number of nitrogens with zero attached hydrogens (tertiary/aromatic N) is 2. The SMILES string of the molecule is C=CCOC(=O)[C@@H]1[C@H]2C(=O)N(CCCCCO)C(C(=O)N(CC=C)c3c(C)cccc3C)C23CC[C@@]1(CC)O3. The van der Waals surface area contributed by atoms with Gasteiger partial charge in [-0.1, -0.05) is 43.9 Å². The van der Waals surface area contributed by atoms with Crippen LogP contribution in [0.3, 0.4) is 0 Å². The third-order valence-corrected chi connectivity index (χ3v) is 8.86. The summed E-state index contributed by atoms with van der Waals surface area (Å²) in [6.07, 6.45) is 6.80. The van der Waals surface area contributed by atoms with Crippen LogP contribution in [-0.2, 0) is 23.9 Å². The quantitative estimate of drug-likeness (QED) is 0.233. The molecule has 0 saturated carbocycles. The fraction of sp³-hybridized carbons (Fsp3) is 0.581. The van der Waals surface area contributed by atoms with E-state index in [0.29, 0.717) is 38.6 Å². The van der Waals surface area contributed by atoms with Crippen LogP contribution in [0.2, 0.25) is 0 Å². The van der Waals surface area contributed by atoms with Gasteiger partial charge in [-0.05, 0) is 63.5 Å². The Morgan fingerprint density at radius 2 is 1.90 bits per heavy atom. The van der Waals surface area contributed by atoms with Crippen LogP contribution >= 0.6 is 0 Å². The average molecular weight is 539 g/mol. The van der Waals surface area contributed by atoms with Crippen molar-refractivity contribution in [2.45, 2.75) is 76.5 Å². The maximum Gasteiger partial charge on any atom is 0.313 e. The first-order chi connectivity index (χ1) is 18.7. The summed E-state index contributed by atoms with van der Waals surface area (Å²) in [6, 6.07) is 5.01. The van der Waals surface area contributed by atoms with Crippen LogP contribution in [0.1, 0.15) is 56.6 Å². The summed E-state index contributed by atoms with van der Waals surface area (Å²) in [5, 5.41) is 9.27. The van der Waals surface area contributed by atoms with Gasteiger partial charge < -0.3 is 24.4 Å². The molecule has 0 radical (unpaired) electrons. The fourth-order valence-corrected chi connectivity index (χ4v) is 7.20. The fourth-order valence-electron chi connectivity index (χ4n) is 7.20. The molecule has 3 saturated heterocycles. The van der Waals surface area contributed by atoms with Crippen LogP contribution in [0.15, 0.2) is 43.5 Å². The third kappa shape index (κ3) is 4.72. The molecule has 1 aromatic rings. The topological polar surface area (TPSA) is 96.4 Å². The average Bonchev–Trinajstić information content (AvgIpc) is 3.52. The van der Waals surface area contributed by atoms with E-state index in [4.69, 9.17) is 9.47 Å². The van der Waals surface area contributed by atoms with E-state index < -0.39 is 35.0 Å². The van der Waals surface area contributed by atoms with E-state index in [1.165, 1.54) is 6.08 Å². The number of fused-ring (bicyclic) bond motifs is 1. The van der Waals surface area contributed by atoms with Crippen molar-refractivity contribution in [3.8, 4) is 0 Å². The molecule has 212 valence electrons. The summed E-state index contributed by atoms with van der Waals surface area (Å²) < 4.78 is 12.3. The molecule has 3 fully saturated rings. The number of esters is 1. The number of aliphatic hydroxyl groups excluding tert-OH is 1. The predicted octanol–water partition coefficient (Wildman–Crippen LogP) is 3.87. The van der Waals surface area contributed by atoms with Gasteiger partial charge in [-0.15, -0.1) is 6.58 Å². The lowest BCUT2D eigenvalue weighted by Gasteiger charge is -2.37. The Morgan fingerprint density at radius 1 is 1.18 bits per heavy atom. The highest BCUT2D eigenvalue weighted by atomic mass is 16.6. The second-order valence-corrected chi connectivity index (χ2v) is 11.0. The molecule has 0 aliphatic carbocycles. The summed E-state index contributed by atoms with van der Waals surface area (Å²) in [7, 11) is 0. The van der Waals surface area contributed by atoms with Crippen LogP contribution in [-0.4, -0.2) is 71.3 Å². The van der Waals surface area contributed by atoms with Gasteiger partial charge in [0.25, 0.3) is 5.91 Å². The lowest BCUT2D eigenvalue weighted by atomic mass is 9.65. The van der Waals surface area contributed by atoms with Crippen LogP contribution in [0.5, 0.6) is 0 Å². The van der Waals surface area contributed by atoms with Gasteiger partial charge in [-0.25, -0.2) is 0 Å². The van der Waals surface area contributed by atoms with Gasteiger partial charge in [0.2, 0.25) is 5.91 Å². The standard InChI is InChI=1S/C31H42N2O6/c1-6-17-32(25-21(4)13-12-14-22(25)5)28(36)26-31-16-15-30(8-3,39-31)24(29(37)38-20-7-2)23(31)27(35)33(26)18-10-9-11-19-34/h6-7,12-14,23-24,26,34H,1-2,8-11,15-20H2,3-5H3/t23-,24-,26?,30+,31?/m0/s1. The number of amides is 2. The predicted molar refractivity (Wildman–Crippen MR) is 149 cm³/mol. The molecule has 8 nitrogen and oxygen atoms in total. The first-order valence-electron chi connectivity index (χ1n) is 14.1. The minimum Gasteiger partial charge on any atom is -0.461 e. The number of hydrogen-bond donors (Lipinski definition) is 1. The lowest BCUT2D eigenvalue weighted by molar-refractivity contribution is -0.159. The van der Waals surface area contributed by atoms with Crippen molar-refractivity contribution in [1.82, 2.24) is 4.90 Å². The Bertz CT molecular complexity index is 1110. The summed E-state index contributed by atoms with van der Waals surface area (Å²) >= 11 is 0. The van der Waals surface area contributed by atoms with Crippen LogP contribution in [0.25, 0.3) is 0 Å². The summed E-state index contributed by atoms with van der Waals surface area (Å²) in [6.45, 7) is 14.2. The molecule has 8 heteroatoms. The van der Waals surface area contributed by atoms with Gasteiger partial charge in [0.1, 0.15) is 24.2 Å². The molecule has 4 rings (SSSR count). The molecule has 5 atom stereocenters. The number of para-hydroxylation sites is 1. The molecule has 1 spiro atoms. The molecule has 39 heavy (non-hydrogen) atoms. The number of rotatable bonds is 13. The zero-order chi connectivity index (χ0) is 28.4. The molecule has 2 amide bonds. The summed E-state index contributed by atoms with van der Waals surface area (Å²) in [5.41, 5.74) is 0.739. The van der Waals surface area contributed by atoms with E-state index in [1.807, 2.05) is 39.0 Å². The number of benzene rings is 1. The molecule has 1 N–H and O–H groups in total. The van der Waals surface area contributed by atoms with Crippen molar-refractivity contribution < 1.29 is 29.0 Å². The molecule has 3 aliphatic heterocycles. The second kappa shape index (κ2) is 11.6. The van der Waals surface area contributed by atoms with E-state index in [9.17, 15) is 19.5 Å². The number of likely N-dealkylation sites (tertiary alicyclic amines) is 1. The minimum absolute atomic E-state index is 0.0515. The number of carbonyl (C=O) groups is 3. The van der Waals surface area contributed by atoms with E-state index >= 15 is 0 Å². The maximum atomic E-state index is 14.7. The zero-order valence-electron chi connectivity index (χ0n) is 23.5. The Labute approximate surface area is 231 Å². The normalized spacial score (nSPS) is 28.9. The number of aliphatic hydroxyl groups is 1. The van der Waals surface area contributed by atoms with Gasteiger partial charge in [0.05, 0.1) is 11.5 Å². The number of anilines is 1. The van der Waals surface area contributed by atoms with Crippen molar-refractivity contribution in [3.63, 3.8) is 0 Å². The molecular formula is C31H42N2O6. The molecule has 3 heterocycles. The van der Waals surface area contributed by atoms with Gasteiger partial charge in [-0.3, -0.25) is 14.4 Å². The Kier molecular flexibility index (Phi) is 8.66. The number of hydrogen-bond acceptors (Lipinski definition) is 6. The summed E-state index contributed by atoms with van der Waals surface area (Å²) in [5.74, 6) is -2.50. The molecular weight excluding hydrogens is 496 g/mol. The lowest BCUT2D eigenvalue weighted by Crippen LogP contribution is -2.56. The van der Waals surface area contributed by atoms with Crippen LogP contribution in [0, 0.1) is 25.7 Å². The van der Waals surface area contributed by atoms with Crippen LogP contribution < -0.4 is 4.90 Å². The second-order valence-electron chi connectivity index (χ2n) is 11.0. The van der Waals surface area contributed by atoms with E-state index in [2.05, 4.69) is 13.2 Å². The summed E-state index contributed by atoms with van der Waals surface area (Å²) in [4.78, 5) is 45.7. The van der Waals surface area contributed by atoms with Crippen molar-refractivity contribution in [1.29, 1.82) is 0 Å². The minimum atomic E-state index is -1.12. The van der Waals surface area contributed by atoms with Crippen molar-refractivity contribution in [2.75, 3.05) is 31.2 Å². The maximum absolute atomic E-state index is 14.7. The number of ether oxygens (including phenoxy) is 2. The van der Waals surface area contributed by atoms with E-state index in [-0.39, 0.29) is 31.6 Å². The van der Waals surface area contributed by atoms with Crippen molar-refractivity contribution in [2.24, 2.45) is 11.8 Å². The largest absolute Gasteiger partial charge is 0.461 e. The molecule has 2 unspecified atom stereocenters. The highest BCUT2D eigenvalue weighted by Crippen LogP contribution is 2.64. The zero-order valence-corrected chi connectivity index (χ0v) is 23.5. The van der Waals surface area contributed by atoms with E-state index in [0.717, 1.165) is 23.2 Å². The Morgan fingerprint density at radius 3 is 2.51 bits per heavy atom. The first-order valence-corrected chi connectivity index (χ1v) is 14.1. The van der Waals surface area contributed by atoms with Crippen molar-refractivity contribution in [3.05, 3.63) is 54.6 Å². The molecule has 0 aromatic heterocycles.